The van der Waals surface area contributed by atoms with E-state index in [0.717, 1.165) is 13.2 Å². The van der Waals surface area contributed by atoms with Gasteiger partial charge in [0.25, 0.3) is 0 Å². The van der Waals surface area contributed by atoms with Crippen molar-refractivity contribution in [3.8, 4) is 5.75 Å². The number of carbonyl (C=O) groups is 1. The Morgan fingerprint density at radius 3 is 2.09 bits per heavy atom. The molecule has 0 bridgehead atoms. The van der Waals surface area contributed by atoms with Gasteiger partial charge in [0.05, 0.1) is 12.7 Å². The lowest BCUT2D eigenvalue weighted by atomic mass is 10.2. The SMILES string of the molecule is COC(=O)c1ccc(S(C)(=O)=O)c(OS(=O)(=O)C(F)(F)F)c1Cl. The number of rotatable bonds is 4. The molecule has 0 atom stereocenters. The van der Waals surface area contributed by atoms with Crippen LogP contribution in [0.15, 0.2) is 17.0 Å². The van der Waals surface area contributed by atoms with Crippen LogP contribution in [0.2, 0.25) is 5.02 Å². The molecule has 7 nitrogen and oxygen atoms in total. The number of hydrogen-bond acceptors (Lipinski definition) is 7. The highest BCUT2D eigenvalue weighted by Gasteiger charge is 2.49. The molecule has 0 fully saturated rings. The van der Waals surface area contributed by atoms with Gasteiger partial charge in [-0.1, -0.05) is 11.6 Å². The van der Waals surface area contributed by atoms with Crippen LogP contribution in [0.4, 0.5) is 13.2 Å². The van der Waals surface area contributed by atoms with Crippen LogP contribution in [0.3, 0.4) is 0 Å². The molecular weight excluding hydrogens is 389 g/mol. The summed E-state index contributed by atoms with van der Waals surface area (Å²) in [6.07, 6.45) is 0.587. The molecule has 130 valence electrons. The van der Waals surface area contributed by atoms with Gasteiger partial charge >= 0.3 is 21.6 Å². The highest BCUT2D eigenvalue weighted by Crippen LogP contribution is 2.38. The summed E-state index contributed by atoms with van der Waals surface area (Å²) in [6.45, 7) is 0. The van der Waals surface area contributed by atoms with Crippen molar-refractivity contribution >= 4 is 37.5 Å². The molecule has 1 aromatic rings. The number of benzene rings is 1. The lowest BCUT2D eigenvalue weighted by Gasteiger charge is -2.15. The van der Waals surface area contributed by atoms with Gasteiger partial charge < -0.3 is 8.92 Å². The normalized spacial score (nSPS) is 12.8. The van der Waals surface area contributed by atoms with Crippen LogP contribution < -0.4 is 4.18 Å². The van der Waals surface area contributed by atoms with Gasteiger partial charge in [-0.05, 0) is 12.1 Å². The summed E-state index contributed by atoms with van der Waals surface area (Å²) in [6, 6.07) is 1.52. The molecule has 23 heavy (non-hydrogen) atoms. The summed E-state index contributed by atoms with van der Waals surface area (Å²) in [4.78, 5) is 10.5. The van der Waals surface area contributed by atoms with Crippen molar-refractivity contribution in [1.29, 1.82) is 0 Å². The van der Waals surface area contributed by atoms with Crippen molar-refractivity contribution in [3.05, 3.63) is 22.7 Å². The average Bonchev–Trinajstić information content (AvgIpc) is 2.37. The van der Waals surface area contributed by atoms with Crippen molar-refractivity contribution in [3.63, 3.8) is 0 Å². The van der Waals surface area contributed by atoms with Crippen LogP contribution in [0, 0.1) is 0 Å². The number of ether oxygens (including phenoxy) is 1. The van der Waals surface area contributed by atoms with Crippen LogP contribution in [-0.2, 0) is 24.7 Å². The fourth-order valence-corrected chi connectivity index (χ4v) is 3.05. The van der Waals surface area contributed by atoms with Crippen LogP contribution in [-0.4, -0.2) is 41.7 Å². The zero-order valence-corrected chi connectivity index (χ0v) is 13.7. The Morgan fingerprint density at radius 1 is 1.17 bits per heavy atom. The van der Waals surface area contributed by atoms with Crippen molar-refractivity contribution in [2.45, 2.75) is 10.4 Å². The molecule has 0 N–H and O–H groups in total. The molecule has 0 saturated carbocycles. The van der Waals surface area contributed by atoms with E-state index in [4.69, 9.17) is 11.6 Å². The Labute approximate surface area is 134 Å². The summed E-state index contributed by atoms with van der Waals surface area (Å²) in [5.41, 5.74) is -6.40. The monoisotopic (exact) mass is 396 g/mol. The molecule has 13 heteroatoms. The number of esters is 1. The van der Waals surface area contributed by atoms with Crippen LogP contribution in [0.25, 0.3) is 0 Å². The largest absolute Gasteiger partial charge is 0.534 e. The van der Waals surface area contributed by atoms with Gasteiger partial charge in [-0.15, -0.1) is 0 Å². The van der Waals surface area contributed by atoms with Crippen LogP contribution in [0.5, 0.6) is 5.75 Å². The Bertz CT molecular complexity index is 844. The maximum absolute atomic E-state index is 12.4. The third-order valence-corrected chi connectivity index (χ3v) is 4.79. The lowest BCUT2D eigenvalue weighted by molar-refractivity contribution is -0.0500. The summed E-state index contributed by atoms with van der Waals surface area (Å²) in [7, 11) is -9.50. The van der Waals surface area contributed by atoms with E-state index in [-0.39, 0.29) is 0 Å². The third kappa shape index (κ3) is 4.06. The second kappa shape index (κ2) is 6.17. The molecule has 1 aromatic carbocycles. The van der Waals surface area contributed by atoms with Gasteiger partial charge in [0.2, 0.25) is 0 Å². The molecule has 0 amide bonds. The first-order valence-corrected chi connectivity index (χ1v) is 9.01. The number of carbonyl (C=O) groups excluding carboxylic acids is 1. The van der Waals surface area contributed by atoms with Crippen LogP contribution in [0.1, 0.15) is 10.4 Å². The quantitative estimate of drug-likeness (QED) is 0.434. The average molecular weight is 397 g/mol. The summed E-state index contributed by atoms with van der Waals surface area (Å²) in [5.74, 6) is -2.47. The second-order valence-electron chi connectivity index (χ2n) is 4.00. The second-order valence-corrected chi connectivity index (χ2v) is 7.90. The molecule has 0 aliphatic rings. The number of sulfone groups is 1. The number of halogens is 4. The van der Waals surface area contributed by atoms with E-state index in [2.05, 4.69) is 8.92 Å². The molecule has 0 aromatic heterocycles. The van der Waals surface area contributed by atoms with E-state index >= 15 is 0 Å². The highest BCUT2D eigenvalue weighted by atomic mass is 35.5. The zero-order chi connectivity index (χ0) is 18.2. The van der Waals surface area contributed by atoms with E-state index in [1.54, 1.807) is 0 Å². The highest BCUT2D eigenvalue weighted by molar-refractivity contribution is 7.91. The molecule has 0 unspecified atom stereocenters. The molecule has 0 aliphatic carbocycles. The van der Waals surface area contributed by atoms with Gasteiger partial charge in [-0.3, -0.25) is 0 Å². The molecule has 0 aliphatic heterocycles. The van der Waals surface area contributed by atoms with Gasteiger partial charge in [-0.2, -0.15) is 21.6 Å². The minimum atomic E-state index is -6.21. The smallest absolute Gasteiger partial charge is 0.465 e. The Balaban J connectivity index is 3.70. The standard InChI is InChI=1S/C10H8ClF3O7S2/c1-20-9(15)5-3-4-6(22(2,16)17)8(7(5)11)21-23(18,19)10(12,13)14/h3-4H,1-2H3. The predicted octanol–water partition coefficient (Wildman–Crippen LogP) is 1.76. The molecule has 0 saturated heterocycles. The summed E-state index contributed by atoms with van der Waals surface area (Å²) >= 11 is 5.63. The van der Waals surface area contributed by atoms with E-state index in [9.17, 15) is 34.8 Å². The summed E-state index contributed by atoms with van der Waals surface area (Å²) in [5, 5.41) is -0.951. The first-order valence-electron chi connectivity index (χ1n) is 5.34. The van der Waals surface area contributed by atoms with Gasteiger partial charge in [0.1, 0.15) is 9.92 Å². The van der Waals surface area contributed by atoms with E-state index < -0.39 is 52.7 Å². The lowest BCUT2D eigenvalue weighted by Crippen LogP contribution is -2.28. The molecule has 1 rings (SSSR count). The van der Waals surface area contributed by atoms with E-state index in [1.165, 1.54) is 0 Å². The Kier molecular flexibility index (Phi) is 5.23. The Hall–Kier alpha value is -1.53. The van der Waals surface area contributed by atoms with Crippen molar-refractivity contribution in [2.75, 3.05) is 13.4 Å². The number of methoxy groups -OCH3 is 1. The van der Waals surface area contributed by atoms with Crippen LogP contribution >= 0.6 is 11.6 Å². The van der Waals surface area contributed by atoms with Gasteiger partial charge in [0.15, 0.2) is 15.6 Å². The first kappa shape index (κ1) is 19.5. The maximum Gasteiger partial charge on any atom is 0.534 e. The summed E-state index contributed by atoms with van der Waals surface area (Å²) < 4.78 is 90.6. The topological polar surface area (TPSA) is 104 Å². The van der Waals surface area contributed by atoms with Crippen molar-refractivity contribution in [2.24, 2.45) is 0 Å². The molecule has 0 spiro atoms. The minimum Gasteiger partial charge on any atom is -0.465 e. The molecule has 0 radical (unpaired) electrons. The van der Waals surface area contributed by atoms with E-state index in [0.29, 0.717) is 12.3 Å². The molecular formula is C10H8ClF3O7S2. The predicted molar refractivity (Wildman–Crippen MR) is 71.5 cm³/mol. The minimum absolute atomic E-state index is 0.575. The van der Waals surface area contributed by atoms with Gasteiger partial charge in [-0.25, -0.2) is 13.2 Å². The zero-order valence-electron chi connectivity index (χ0n) is 11.3. The third-order valence-electron chi connectivity index (χ3n) is 2.34. The molecule has 0 heterocycles. The van der Waals surface area contributed by atoms with Crippen molar-refractivity contribution < 1.29 is 43.7 Å². The fourth-order valence-electron chi connectivity index (χ4n) is 1.33. The fraction of sp³-hybridized carbons (Fsp3) is 0.300. The van der Waals surface area contributed by atoms with E-state index in [1.807, 2.05) is 0 Å². The van der Waals surface area contributed by atoms with Crippen molar-refractivity contribution in [1.82, 2.24) is 0 Å². The first-order chi connectivity index (χ1) is 10.2. The maximum atomic E-state index is 12.4. The number of hydrogen-bond donors (Lipinski definition) is 0. The Morgan fingerprint density at radius 2 is 1.70 bits per heavy atom. The van der Waals surface area contributed by atoms with Gasteiger partial charge in [0, 0.05) is 6.26 Å². The number of alkyl halides is 3.